The Labute approximate surface area is 229 Å². The summed E-state index contributed by atoms with van der Waals surface area (Å²) in [5.41, 5.74) is 7.54. The van der Waals surface area contributed by atoms with Crippen molar-refractivity contribution in [1.29, 1.82) is 0 Å². The summed E-state index contributed by atoms with van der Waals surface area (Å²) >= 11 is 1.61. The summed E-state index contributed by atoms with van der Waals surface area (Å²) in [6, 6.07) is 16.1. The van der Waals surface area contributed by atoms with Gasteiger partial charge in [0.1, 0.15) is 12.1 Å². The molecule has 3 N–H and O–H groups in total. The van der Waals surface area contributed by atoms with Crippen molar-refractivity contribution < 1.29 is 14.4 Å². The minimum atomic E-state index is -0.802. The smallest absolute Gasteiger partial charge is 0.246 e. The van der Waals surface area contributed by atoms with E-state index in [-0.39, 0.29) is 17.7 Å². The third-order valence-corrected chi connectivity index (χ3v) is 7.63. The van der Waals surface area contributed by atoms with E-state index in [0.717, 1.165) is 21.2 Å². The monoisotopic (exact) mass is 534 g/mol. The molecule has 8 heteroatoms. The highest BCUT2D eigenvalue weighted by atomic mass is 32.1. The van der Waals surface area contributed by atoms with Crippen molar-refractivity contribution in [2.45, 2.75) is 50.7 Å². The normalized spacial score (nSPS) is 13.3. The van der Waals surface area contributed by atoms with E-state index in [1.54, 1.807) is 38.6 Å². The van der Waals surface area contributed by atoms with Gasteiger partial charge in [0.2, 0.25) is 17.7 Å². The third kappa shape index (κ3) is 7.52. The van der Waals surface area contributed by atoms with Crippen LogP contribution >= 0.6 is 11.3 Å². The Balaban J connectivity index is 1.93. The topological polar surface area (TPSA) is 95.7 Å². The van der Waals surface area contributed by atoms with Gasteiger partial charge in [-0.25, -0.2) is 0 Å². The summed E-state index contributed by atoms with van der Waals surface area (Å²) < 4.78 is 1.12. The third-order valence-electron chi connectivity index (χ3n) is 6.62. The lowest BCUT2D eigenvalue weighted by molar-refractivity contribution is -0.146. The number of fused-ring (bicyclic) bond motifs is 1. The fourth-order valence-electron chi connectivity index (χ4n) is 4.32. The first-order chi connectivity index (χ1) is 18.0. The maximum Gasteiger partial charge on any atom is 0.246 e. The Morgan fingerprint density at radius 2 is 1.63 bits per heavy atom. The van der Waals surface area contributed by atoms with Crippen molar-refractivity contribution in [3.8, 4) is 0 Å². The van der Waals surface area contributed by atoms with Crippen molar-refractivity contribution in [3.05, 3.63) is 83.3 Å². The molecular formula is C30H38N4O3S. The first kappa shape index (κ1) is 29.1. The van der Waals surface area contributed by atoms with Gasteiger partial charge >= 0.3 is 0 Å². The minimum Gasteiger partial charge on any atom is -0.357 e. The van der Waals surface area contributed by atoms with Gasteiger partial charge in [-0.1, -0.05) is 54.6 Å². The SMILES string of the molecule is CNC(=O)[C@@H](Cc1ccccc1)N(C)C(=O)[C@@H](Cc1csc2ccccc12)N(C)C(=O)C=CCC(C)(C)N. The number of hydrogen-bond donors (Lipinski definition) is 2. The second-order valence-electron chi connectivity index (χ2n) is 10.3. The molecule has 3 rings (SSSR count). The van der Waals surface area contributed by atoms with Crippen molar-refractivity contribution in [2.75, 3.05) is 21.1 Å². The lowest BCUT2D eigenvalue weighted by Crippen LogP contribution is -2.55. The number of likely N-dealkylation sites (N-methyl/N-ethyl adjacent to an activating group) is 3. The standard InChI is InChI=1S/C30H38N4O3S/c1-30(2,31)17-11-16-27(35)33(4)25(19-22-20-38-26-15-10-9-14-23(22)26)29(37)34(5)24(28(36)32-3)18-21-12-7-6-8-13-21/h6-16,20,24-25H,17-19,31H2,1-5H3,(H,32,36)/t24-,25-/m1/s1. The van der Waals surface area contributed by atoms with Gasteiger partial charge in [-0.2, -0.15) is 0 Å². The summed E-state index contributed by atoms with van der Waals surface area (Å²) in [6.45, 7) is 3.78. The molecule has 1 aromatic heterocycles. The lowest BCUT2D eigenvalue weighted by atomic mass is 9.99. The molecule has 38 heavy (non-hydrogen) atoms. The summed E-state index contributed by atoms with van der Waals surface area (Å²) in [4.78, 5) is 43.1. The molecule has 2 atom stereocenters. The number of thiophene rings is 1. The molecule has 0 aliphatic rings. The molecule has 2 aromatic carbocycles. The average Bonchev–Trinajstić information content (AvgIpc) is 3.31. The van der Waals surface area contributed by atoms with Crippen LogP contribution in [0.25, 0.3) is 10.1 Å². The summed E-state index contributed by atoms with van der Waals surface area (Å²) in [5, 5.41) is 5.79. The van der Waals surface area contributed by atoms with Gasteiger partial charge in [-0.3, -0.25) is 14.4 Å². The largest absolute Gasteiger partial charge is 0.357 e. The second-order valence-corrected chi connectivity index (χ2v) is 11.2. The molecule has 7 nitrogen and oxygen atoms in total. The van der Waals surface area contributed by atoms with E-state index in [1.807, 2.05) is 73.8 Å². The van der Waals surface area contributed by atoms with E-state index in [9.17, 15) is 14.4 Å². The highest BCUT2D eigenvalue weighted by Crippen LogP contribution is 2.28. The number of hydrogen-bond acceptors (Lipinski definition) is 5. The number of nitrogens with zero attached hydrogens (tertiary/aromatic N) is 2. The van der Waals surface area contributed by atoms with Gasteiger partial charge in [0.05, 0.1) is 0 Å². The molecule has 3 amide bonds. The summed E-state index contributed by atoms with van der Waals surface area (Å²) in [7, 11) is 4.83. The van der Waals surface area contributed by atoms with E-state index in [1.165, 1.54) is 15.9 Å². The molecule has 0 saturated carbocycles. The number of amides is 3. The molecule has 0 unspecified atom stereocenters. The van der Waals surface area contributed by atoms with Crippen LogP contribution in [0.4, 0.5) is 0 Å². The molecule has 202 valence electrons. The Bertz CT molecular complexity index is 1280. The number of rotatable bonds is 11. The van der Waals surface area contributed by atoms with Crippen LogP contribution in [0.2, 0.25) is 0 Å². The number of nitrogens with two attached hydrogens (primary N) is 1. The Kier molecular flexibility index (Phi) is 9.83. The quantitative estimate of drug-likeness (QED) is 0.366. The molecule has 0 spiro atoms. The molecule has 0 bridgehead atoms. The van der Waals surface area contributed by atoms with E-state index in [2.05, 4.69) is 5.32 Å². The Hall–Kier alpha value is -3.49. The predicted molar refractivity (Wildman–Crippen MR) is 155 cm³/mol. The Morgan fingerprint density at radius 1 is 0.974 bits per heavy atom. The number of nitrogens with one attached hydrogen (secondary N) is 1. The zero-order chi connectivity index (χ0) is 27.9. The molecule has 0 aliphatic carbocycles. The number of carbonyl (C=O) groups excluding carboxylic acids is 3. The molecule has 3 aromatic rings. The van der Waals surface area contributed by atoms with Crippen LogP contribution in [0, 0.1) is 0 Å². The second kappa shape index (κ2) is 12.8. The van der Waals surface area contributed by atoms with Crippen molar-refractivity contribution in [3.63, 3.8) is 0 Å². The van der Waals surface area contributed by atoms with E-state index in [4.69, 9.17) is 5.73 Å². The fourth-order valence-corrected chi connectivity index (χ4v) is 5.30. The molecular weight excluding hydrogens is 496 g/mol. The van der Waals surface area contributed by atoms with Gasteiger partial charge in [0, 0.05) is 44.2 Å². The van der Waals surface area contributed by atoms with Gasteiger partial charge in [0.25, 0.3) is 0 Å². The van der Waals surface area contributed by atoms with Gasteiger partial charge in [-0.05, 0) is 54.3 Å². The van der Waals surface area contributed by atoms with Crippen LogP contribution in [0.3, 0.4) is 0 Å². The maximum atomic E-state index is 14.0. The molecule has 0 aliphatic heterocycles. The highest BCUT2D eigenvalue weighted by Gasteiger charge is 2.35. The number of benzene rings is 2. The van der Waals surface area contributed by atoms with E-state index in [0.29, 0.717) is 19.3 Å². The van der Waals surface area contributed by atoms with Crippen LogP contribution in [0.5, 0.6) is 0 Å². The lowest BCUT2D eigenvalue weighted by Gasteiger charge is -2.34. The van der Waals surface area contributed by atoms with Gasteiger partial charge in [-0.15, -0.1) is 11.3 Å². The van der Waals surface area contributed by atoms with Gasteiger partial charge < -0.3 is 20.9 Å². The Morgan fingerprint density at radius 3 is 2.29 bits per heavy atom. The van der Waals surface area contributed by atoms with Crippen LogP contribution in [-0.2, 0) is 27.2 Å². The molecule has 1 heterocycles. The predicted octanol–water partition coefficient (Wildman–Crippen LogP) is 3.77. The fraction of sp³-hybridized carbons (Fsp3) is 0.367. The molecule has 0 saturated heterocycles. The van der Waals surface area contributed by atoms with Crippen LogP contribution in [0.15, 0.2) is 72.1 Å². The summed E-state index contributed by atoms with van der Waals surface area (Å²) in [6.07, 6.45) is 4.43. The zero-order valence-corrected chi connectivity index (χ0v) is 23.6. The molecule has 0 radical (unpaired) electrons. The zero-order valence-electron chi connectivity index (χ0n) is 22.8. The average molecular weight is 535 g/mol. The minimum absolute atomic E-state index is 0.261. The van der Waals surface area contributed by atoms with Crippen LogP contribution in [0.1, 0.15) is 31.4 Å². The first-order valence-corrected chi connectivity index (χ1v) is 13.6. The highest BCUT2D eigenvalue weighted by molar-refractivity contribution is 7.17. The maximum absolute atomic E-state index is 14.0. The number of carbonyl (C=O) groups is 3. The first-order valence-electron chi connectivity index (χ1n) is 12.7. The van der Waals surface area contributed by atoms with Crippen LogP contribution < -0.4 is 11.1 Å². The van der Waals surface area contributed by atoms with Crippen molar-refractivity contribution in [2.24, 2.45) is 5.73 Å². The molecule has 0 fully saturated rings. The van der Waals surface area contributed by atoms with Crippen molar-refractivity contribution >= 4 is 39.1 Å². The van der Waals surface area contributed by atoms with Crippen LogP contribution in [-0.4, -0.2) is 66.3 Å². The van der Waals surface area contributed by atoms with Crippen molar-refractivity contribution in [1.82, 2.24) is 15.1 Å². The van der Waals surface area contributed by atoms with Gasteiger partial charge in [0.15, 0.2) is 0 Å². The van der Waals surface area contributed by atoms with E-state index < -0.39 is 17.6 Å². The van der Waals surface area contributed by atoms with E-state index >= 15 is 0 Å². The summed E-state index contributed by atoms with van der Waals surface area (Å²) in [5.74, 6) is -0.850.